The molecule has 3 heterocycles. The van der Waals surface area contributed by atoms with Gasteiger partial charge in [0.2, 0.25) is 0 Å². The van der Waals surface area contributed by atoms with E-state index in [4.69, 9.17) is 9.47 Å². The molecule has 2 amide bonds. The summed E-state index contributed by atoms with van der Waals surface area (Å²) in [7, 11) is 0. The zero-order chi connectivity index (χ0) is 20.1. The van der Waals surface area contributed by atoms with Crippen LogP contribution in [0.1, 0.15) is 33.6 Å². The highest BCUT2D eigenvalue weighted by atomic mass is 32.1. The van der Waals surface area contributed by atoms with Crippen LogP contribution in [0.5, 0.6) is 5.75 Å². The number of hydrogen-bond acceptors (Lipinski definition) is 5. The van der Waals surface area contributed by atoms with Gasteiger partial charge in [0.15, 0.2) is 0 Å². The van der Waals surface area contributed by atoms with Crippen LogP contribution in [0.3, 0.4) is 0 Å². The van der Waals surface area contributed by atoms with Crippen LogP contribution in [0.4, 0.5) is 0 Å². The number of carbonyl (C=O) groups excluding carboxylic acids is 2. The SMILES string of the molecule is O=C(c1ccc(OCC2CCCN(C(=O)c3ccsc3)C2)cc1)N1CCOCC1. The van der Waals surface area contributed by atoms with E-state index in [1.54, 1.807) is 11.3 Å². The van der Waals surface area contributed by atoms with Gasteiger partial charge in [-0.1, -0.05) is 0 Å². The normalized spacial score (nSPS) is 19.8. The highest BCUT2D eigenvalue weighted by Gasteiger charge is 2.25. The monoisotopic (exact) mass is 414 g/mol. The van der Waals surface area contributed by atoms with Crippen molar-refractivity contribution >= 4 is 23.2 Å². The molecular weight excluding hydrogens is 388 g/mol. The van der Waals surface area contributed by atoms with Crippen molar-refractivity contribution in [3.8, 4) is 5.75 Å². The third kappa shape index (κ3) is 4.97. The summed E-state index contributed by atoms with van der Waals surface area (Å²) in [6.45, 7) is 4.58. The van der Waals surface area contributed by atoms with Crippen molar-refractivity contribution in [2.45, 2.75) is 12.8 Å². The van der Waals surface area contributed by atoms with E-state index in [1.807, 2.05) is 50.9 Å². The van der Waals surface area contributed by atoms with Crippen LogP contribution >= 0.6 is 11.3 Å². The highest BCUT2D eigenvalue weighted by molar-refractivity contribution is 7.08. The summed E-state index contributed by atoms with van der Waals surface area (Å²) < 4.78 is 11.3. The molecule has 2 aliphatic rings. The van der Waals surface area contributed by atoms with Crippen LogP contribution in [-0.4, -0.2) is 67.6 Å². The number of nitrogens with zero attached hydrogens (tertiary/aromatic N) is 2. The molecule has 1 aromatic heterocycles. The maximum absolute atomic E-state index is 12.6. The van der Waals surface area contributed by atoms with Crippen molar-refractivity contribution in [1.82, 2.24) is 9.80 Å². The largest absolute Gasteiger partial charge is 0.493 e. The molecule has 154 valence electrons. The second kappa shape index (κ2) is 9.41. The first kappa shape index (κ1) is 19.9. The zero-order valence-electron chi connectivity index (χ0n) is 16.4. The summed E-state index contributed by atoms with van der Waals surface area (Å²) in [5, 5.41) is 3.84. The number of thiophene rings is 1. The Kier molecular flexibility index (Phi) is 6.46. The zero-order valence-corrected chi connectivity index (χ0v) is 17.2. The summed E-state index contributed by atoms with van der Waals surface area (Å²) >= 11 is 1.55. The van der Waals surface area contributed by atoms with E-state index in [2.05, 4.69) is 0 Å². The first-order chi connectivity index (χ1) is 14.2. The van der Waals surface area contributed by atoms with Crippen LogP contribution in [0.25, 0.3) is 0 Å². The van der Waals surface area contributed by atoms with Crippen molar-refractivity contribution < 1.29 is 19.1 Å². The Balaban J connectivity index is 1.28. The molecule has 2 fully saturated rings. The second-order valence-corrected chi connectivity index (χ2v) is 8.29. The standard InChI is InChI=1S/C22H26N2O4S/c25-21(23-9-11-27-12-10-23)18-3-5-20(6-4-18)28-15-17-2-1-8-24(14-17)22(26)19-7-13-29-16-19/h3-7,13,16-17H,1-2,8-12,14-15H2. The Bertz CT molecular complexity index is 816. The second-order valence-electron chi connectivity index (χ2n) is 7.51. The maximum atomic E-state index is 12.6. The van der Waals surface area contributed by atoms with Gasteiger partial charge in [0.05, 0.1) is 25.4 Å². The fourth-order valence-electron chi connectivity index (χ4n) is 3.81. The number of amides is 2. The van der Waals surface area contributed by atoms with Gasteiger partial charge in [-0.25, -0.2) is 0 Å². The number of hydrogen-bond donors (Lipinski definition) is 0. The average Bonchev–Trinajstić information content (AvgIpc) is 3.33. The van der Waals surface area contributed by atoms with Gasteiger partial charge in [-0.15, -0.1) is 0 Å². The molecule has 0 N–H and O–H groups in total. The fourth-order valence-corrected chi connectivity index (χ4v) is 4.44. The third-order valence-electron chi connectivity index (χ3n) is 5.46. The molecule has 7 heteroatoms. The van der Waals surface area contributed by atoms with Crippen molar-refractivity contribution in [2.75, 3.05) is 46.0 Å². The molecule has 0 spiro atoms. The minimum Gasteiger partial charge on any atom is -0.493 e. The Morgan fingerprint density at radius 3 is 2.48 bits per heavy atom. The summed E-state index contributed by atoms with van der Waals surface area (Å²) in [6, 6.07) is 9.23. The minimum absolute atomic E-state index is 0.0368. The first-order valence-corrected chi connectivity index (χ1v) is 11.1. The van der Waals surface area contributed by atoms with Crippen molar-refractivity contribution in [3.05, 3.63) is 52.2 Å². The van der Waals surface area contributed by atoms with Crippen molar-refractivity contribution in [1.29, 1.82) is 0 Å². The van der Waals surface area contributed by atoms with Gasteiger partial charge in [-0.3, -0.25) is 9.59 Å². The van der Waals surface area contributed by atoms with Crippen LogP contribution in [0.2, 0.25) is 0 Å². The molecular formula is C22H26N2O4S. The Morgan fingerprint density at radius 1 is 1.00 bits per heavy atom. The summed E-state index contributed by atoms with van der Waals surface area (Å²) in [6.07, 6.45) is 2.05. The molecule has 0 bridgehead atoms. The molecule has 0 radical (unpaired) electrons. The number of ether oxygens (including phenoxy) is 2. The van der Waals surface area contributed by atoms with E-state index >= 15 is 0 Å². The van der Waals surface area contributed by atoms with E-state index in [0.717, 1.165) is 37.2 Å². The topological polar surface area (TPSA) is 59.1 Å². The number of piperidine rings is 1. The number of benzene rings is 1. The Hall–Kier alpha value is -2.38. The molecule has 2 aliphatic heterocycles. The Labute approximate surface area is 175 Å². The smallest absolute Gasteiger partial charge is 0.254 e. The molecule has 29 heavy (non-hydrogen) atoms. The molecule has 0 aliphatic carbocycles. The maximum Gasteiger partial charge on any atom is 0.254 e. The predicted molar refractivity (Wildman–Crippen MR) is 112 cm³/mol. The van der Waals surface area contributed by atoms with Crippen molar-refractivity contribution in [2.24, 2.45) is 5.92 Å². The van der Waals surface area contributed by atoms with E-state index in [9.17, 15) is 9.59 Å². The lowest BCUT2D eigenvalue weighted by Gasteiger charge is -2.32. The first-order valence-electron chi connectivity index (χ1n) is 10.1. The number of carbonyl (C=O) groups is 2. The van der Waals surface area contributed by atoms with E-state index in [1.165, 1.54) is 0 Å². The lowest BCUT2D eigenvalue weighted by atomic mass is 9.98. The van der Waals surface area contributed by atoms with E-state index in [-0.39, 0.29) is 11.8 Å². The van der Waals surface area contributed by atoms with Gasteiger partial charge in [-0.2, -0.15) is 11.3 Å². The molecule has 2 saturated heterocycles. The lowest BCUT2D eigenvalue weighted by Crippen LogP contribution is -2.41. The fraction of sp³-hybridized carbons (Fsp3) is 0.455. The molecule has 2 aromatic rings. The number of rotatable bonds is 5. The molecule has 1 unspecified atom stereocenters. The quantitative estimate of drug-likeness (QED) is 0.754. The van der Waals surface area contributed by atoms with Gasteiger partial charge < -0.3 is 19.3 Å². The number of morpholine rings is 1. The van der Waals surface area contributed by atoms with E-state index in [0.29, 0.717) is 44.4 Å². The molecule has 6 nitrogen and oxygen atoms in total. The van der Waals surface area contributed by atoms with Gasteiger partial charge in [0.25, 0.3) is 11.8 Å². The molecule has 1 atom stereocenters. The van der Waals surface area contributed by atoms with Crippen LogP contribution in [-0.2, 0) is 4.74 Å². The predicted octanol–water partition coefficient (Wildman–Crippen LogP) is 3.15. The summed E-state index contributed by atoms with van der Waals surface area (Å²) in [4.78, 5) is 28.8. The van der Waals surface area contributed by atoms with Gasteiger partial charge in [-0.05, 0) is 48.6 Å². The molecule has 1 aromatic carbocycles. The van der Waals surface area contributed by atoms with E-state index < -0.39 is 0 Å². The van der Waals surface area contributed by atoms with Gasteiger partial charge >= 0.3 is 0 Å². The highest BCUT2D eigenvalue weighted by Crippen LogP contribution is 2.22. The van der Waals surface area contributed by atoms with Gasteiger partial charge in [0.1, 0.15) is 5.75 Å². The summed E-state index contributed by atoms with van der Waals surface area (Å²) in [5.74, 6) is 1.22. The minimum atomic E-state index is 0.0368. The lowest BCUT2D eigenvalue weighted by molar-refractivity contribution is 0.0303. The molecule has 4 rings (SSSR count). The third-order valence-corrected chi connectivity index (χ3v) is 6.14. The van der Waals surface area contributed by atoms with Crippen LogP contribution in [0.15, 0.2) is 41.1 Å². The average molecular weight is 415 g/mol. The summed E-state index contributed by atoms with van der Waals surface area (Å²) in [5.41, 5.74) is 1.45. The van der Waals surface area contributed by atoms with Crippen molar-refractivity contribution in [3.63, 3.8) is 0 Å². The Morgan fingerprint density at radius 2 is 1.76 bits per heavy atom. The van der Waals surface area contributed by atoms with Crippen LogP contribution < -0.4 is 4.74 Å². The molecule has 0 saturated carbocycles. The van der Waals surface area contributed by atoms with Crippen LogP contribution in [0, 0.1) is 5.92 Å². The van der Waals surface area contributed by atoms with Gasteiger partial charge in [0, 0.05) is 43.0 Å². The number of likely N-dealkylation sites (tertiary alicyclic amines) is 1.